The molecule has 0 atom stereocenters. The van der Waals surface area contributed by atoms with Gasteiger partial charge in [-0.3, -0.25) is 4.18 Å². The summed E-state index contributed by atoms with van der Waals surface area (Å²) in [5, 5.41) is 0. The van der Waals surface area contributed by atoms with Gasteiger partial charge >= 0.3 is 15.6 Å². The lowest BCUT2D eigenvalue weighted by atomic mass is 10.5. The zero-order chi connectivity index (χ0) is 10.5. The molecule has 0 unspecified atom stereocenters. The number of halogens is 3. The Balaban J connectivity index is 3.92. The monoisotopic (exact) mass is 238 g/mol. The number of hydrogen-bond donors (Lipinski definition) is 0. The van der Waals surface area contributed by atoms with Gasteiger partial charge in [-0.2, -0.15) is 33.4 Å². The first-order valence-electron chi connectivity index (χ1n) is 3.26. The molecule has 0 aliphatic heterocycles. The van der Waals surface area contributed by atoms with Crippen LogP contribution >= 0.6 is 11.8 Å². The molecule has 0 spiro atoms. The molecule has 0 saturated heterocycles. The first kappa shape index (κ1) is 13.1. The van der Waals surface area contributed by atoms with Crippen molar-refractivity contribution in [3.63, 3.8) is 0 Å². The molecule has 3 nitrogen and oxygen atoms in total. The van der Waals surface area contributed by atoms with E-state index in [1.807, 2.05) is 0 Å². The molecule has 0 aromatic heterocycles. The van der Waals surface area contributed by atoms with E-state index in [0.29, 0.717) is 5.75 Å². The van der Waals surface area contributed by atoms with E-state index < -0.39 is 22.2 Å². The Morgan fingerprint density at radius 1 is 1.38 bits per heavy atom. The van der Waals surface area contributed by atoms with E-state index in [1.54, 1.807) is 6.26 Å². The first-order valence-corrected chi connectivity index (χ1v) is 6.06. The van der Waals surface area contributed by atoms with Gasteiger partial charge in [-0.05, 0) is 18.4 Å². The molecule has 0 aliphatic rings. The molecule has 13 heavy (non-hydrogen) atoms. The topological polar surface area (TPSA) is 43.4 Å². The molecular formula is C5H9F3O3S2. The highest BCUT2D eigenvalue weighted by Gasteiger charge is 2.47. The van der Waals surface area contributed by atoms with Crippen molar-refractivity contribution in [3.8, 4) is 0 Å². The molecule has 0 amide bonds. The molecule has 0 bridgehead atoms. The number of thioether (sulfide) groups is 1. The molecule has 0 radical (unpaired) electrons. The average Bonchev–Trinajstić information content (AvgIpc) is 1.96. The van der Waals surface area contributed by atoms with Crippen molar-refractivity contribution in [3.05, 3.63) is 0 Å². The normalized spacial score (nSPS) is 13.2. The van der Waals surface area contributed by atoms with Gasteiger partial charge in [-0.1, -0.05) is 0 Å². The smallest absolute Gasteiger partial charge is 0.263 e. The van der Waals surface area contributed by atoms with Crippen molar-refractivity contribution in [1.29, 1.82) is 0 Å². The van der Waals surface area contributed by atoms with Crippen molar-refractivity contribution in [2.75, 3.05) is 18.6 Å². The van der Waals surface area contributed by atoms with Gasteiger partial charge < -0.3 is 0 Å². The molecule has 0 heterocycles. The van der Waals surface area contributed by atoms with E-state index in [2.05, 4.69) is 4.18 Å². The van der Waals surface area contributed by atoms with Gasteiger partial charge in [0.15, 0.2) is 0 Å². The minimum absolute atomic E-state index is 0.274. The second-order valence-electron chi connectivity index (χ2n) is 2.07. The first-order chi connectivity index (χ1) is 5.81. The van der Waals surface area contributed by atoms with Crippen LogP contribution in [0.15, 0.2) is 0 Å². The van der Waals surface area contributed by atoms with Crippen molar-refractivity contribution in [1.82, 2.24) is 0 Å². The molecule has 0 N–H and O–H groups in total. The van der Waals surface area contributed by atoms with E-state index in [4.69, 9.17) is 0 Å². The minimum Gasteiger partial charge on any atom is -0.263 e. The highest BCUT2D eigenvalue weighted by Crippen LogP contribution is 2.24. The number of rotatable bonds is 5. The van der Waals surface area contributed by atoms with Crippen LogP contribution in [0.3, 0.4) is 0 Å². The van der Waals surface area contributed by atoms with E-state index in [-0.39, 0.29) is 6.42 Å². The summed E-state index contributed by atoms with van der Waals surface area (Å²) in [6, 6.07) is 0. The fourth-order valence-corrected chi connectivity index (χ4v) is 1.32. The van der Waals surface area contributed by atoms with Gasteiger partial charge in [-0.25, -0.2) is 0 Å². The molecule has 0 aliphatic carbocycles. The van der Waals surface area contributed by atoms with Crippen LogP contribution in [0.4, 0.5) is 13.2 Å². The zero-order valence-electron chi connectivity index (χ0n) is 6.80. The van der Waals surface area contributed by atoms with Crippen molar-refractivity contribution < 1.29 is 25.8 Å². The third-order valence-electron chi connectivity index (χ3n) is 1.01. The molecule has 0 rings (SSSR count). The SMILES string of the molecule is CSCCCOS(=O)(=O)C(F)(F)F. The van der Waals surface area contributed by atoms with Crippen molar-refractivity contribution >= 4 is 21.9 Å². The lowest BCUT2D eigenvalue weighted by Gasteiger charge is -2.07. The quantitative estimate of drug-likeness (QED) is 0.414. The highest BCUT2D eigenvalue weighted by atomic mass is 32.2. The van der Waals surface area contributed by atoms with Crippen LogP contribution < -0.4 is 0 Å². The predicted octanol–water partition coefficient (Wildman–Crippen LogP) is 1.61. The molecule has 8 heteroatoms. The summed E-state index contributed by atoms with van der Waals surface area (Å²) >= 11 is 1.40. The summed E-state index contributed by atoms with van der Waals surface area (Å²) in [5.41, 5.74) is -5.31. The highest BCUT2D eigenvalue weighted by molar-refractivity contribution is 7.98. The fraction of sp³-hybridized carbons (Fsp3) is 1.00. The molecule has 0 fully saturated rings. The van der Waals surface area contributed by atoms with Crippen LogP contribution in [-0.2, 0) is 14.3 Å². The van der Waals surface area contributed by atoms with Gasteiger partial charge in [0.2, 0.25) is 0 Å². The van der Waals surface area contributed by atoms with E-state index in [1.165, 1.54) is 11.8 Å². The lowest BCUT2D eigenvalue weighted by molar-refractivity contribution is -0.0541. The van der Waals surface area contributed by atoms with Crippen LogP contribution in [0.5, 0.6) is 0 Å². The van der Waals surface area contributed by atoms with Crippen LogP contribution in [0.1, 0.15) is 6.42 Å². The Morgan fingerprint density at radius 3 is 2.31 bits per heavy atom. The largest absolute Gasteiger partial charge is 0.523 e. The summed E-state index contributed by atoms with van der Waals surface area (Å²) in [6.07, 6.45) is 2.04. The average molecular weight is 238 g/mol. The summed E-state index contributed by atoms with van der Waals surface area (Å²) in [4.78, 5) is 0. The summed E-state index contributed by atoms with van der Waals surface area (Å²) < 4.78 is 59.1. The maximum absolute atomic E-state index is 11.6. The Kier molecular flexibility index (Phi) is 5.08. The van der Waals surface area contributed by atoms with Crippen LogP contribution in [0, 0.1) is 0 Å². The standard InChI is InChI=1S/C5H9F3O3S2/c1-12-4-2-3-11-13(9,10)5(6,7)8/h2-4H2,1H3. The molecule has 0 saturated carbocycles. The maximum atomic E-state index is 11.6. The molecule has 0 aromatic carbocycles. The second kappa shape index (κ2) is 5.06. The Labute approximate surface area is 78.8 Å². The molecule has 0 aromatic rings. The van der Waals surface area contributed by atoms with Gasteiger partial charge in [0.05, 0.1) is 6.61 Å². The van der Waals surface area contributed by atoms with E-state index >= 15 is 0 Å². The molecule has 80 valence electrons. The number of hydrogen-bond acceptors (Lipinski definition) is 4. The van der Waals surface area contributed by atoms with Gasteiger partial charge in [0.1, 0.15) is 0 Å². The predicted molar refractivity (Wildman–Crippen MR) is 43.9 cm³/mol. The Bertz CT molecular complexity index is 234. The van der Waals surface area contributed by atoms with E-state index in [9.17, 15) is 21.6 Å². The Hall–Kier alpha value is 0.0500. The third-order valence-corrected chi connectivity index (χ3v) is 2.76. The summed E-state index contributed by atoms with van der Waals surface area (Å²) in [7, 11) is -5.39. The maximum Gasteiger partial charge on any atom is 0.523 e. The second-order valence-corrected chi connectivity index (χ2v) is 4.66. The number of alkyl halides is 3. The Morgan fingerprint density at radius 2 is 1.92 bits per heavy atom. The van der Waals surface area contributed by atoms with Crippen LogP contribution in [0.25, 0.3) is 0 Å². The summed E-state index contributed by atoms with van der Waals surface area (Å²) in [6.45, 7) is -0.428. The van der Waals surface area contributed by atoms with Crippen LogP contribution in [-0.4, -0.2) is 32.5 Å². The van der Waals surface area contributed by atoms with Gasteiger partial charge in [0.25, 0.3) is 0 Å². The van der Waals surface area contributed by atoms with E-state index in [0.717, 1.165) is 0 Å². The van der Waals surface area contributed by atoms with Crippen molar-refractivity contribution in [2.24, 2.45) is 0 Å². The van der Waals surface area contributed by atoms with Gasteiger partial charge in [0, 0.05) is 0 Å². The lowest BCUT2D eigenvalue weighted by Crippen LogP contribution is -2.25. The fourth-order valence-electron chi connectivity index (χ4n) is 0.439. The van der Waals surface area contributed by atoms with Crippen LogP contribution in [0.2, 0.25) is 0 Å². The van der Waals surface area contributed by atoms with Gasteiger partial charge in [-0.15, -0.1) is 0 Å². The minimum atomic E-state index is -5.39. The summed E-state index contributed by atoms with van der Waals surface area (Å²) in [5.74, 6) is 0.563. The zero-order valence-corrected chi connectivity index (χ0v) is 8.43. The van der Waals surface area contributed by atoms with Crippen molar-refractivity contribution in [2.45, 2.75) is 11.9 Å². The molecular weight excluding hydrogens is 229 g/mol. The third kappa shape index (κ3) is 4.72.